The number of methoxy groups -OCH3 is 2. The summed E-state index contributed by atoms with van der Waals surface area (Å²) >= 11 is 0. The van der Waals surface area contributed by atoms with Crippen LogP contribution in [0.1, 0.15) is 32.4 Å². The van der Waals surface area contributed by atoms with Crippen molar-refractivity contribution in [3.8, 4) is 17.2 Å². The molecule has 0 saturated heterocycles. The largest absolute Gasteiger partial charge is 0.493 e. The van der Waals surface area contributed by atoms with Gasteiger partial charge >= 0.3 is 11.8 Å². The van der Waals surface area contributed by atoms with Crippen LogP contribution in [0.4, 0.5) is 0 Å². The first-order valence-corrected chi connectivity index (χ1v) is 9.35. The van der Waals surface area contributed by atoms with E-state index in [9.17, 15) is 9.59 Å². The number of ether oxygens (including phenoxy) is 3. The van der Waals surface area contributed by atoms with Gasteiger partial charge < -0.3 is 29.8 Å². The maximum atomic E-state index is 12.2. The van der Waals surface area contributed by atoms with E-state index in [-0.39, 0.29) is 23.9 Å². The fraction of sp³-hybridized carbons (Fsp3) is 0.238. The summed E-state index contributed by atoms with van der Waals surface area (Å²) in [5.74, 6) is 0.397. The molecular weight excluding hydrogens is 404 g/mol. The van der Waals surface area contributed by atoms with E-state index >= 15 is 0 Å². The Morgan fingerprint density at radius 2 is 1.84 bits per heavy atom. The molecule has 0 bridgehead atoms. The number of nitrogens with one attached hydrogen (secondary N) is 1. The lowest BCUT2D eigenvalue weighted by Gasteiger charge is -2.09. The molecule has 2 amide bonds. The summed E-state index contributed by atoms with van der Waals surface area (Å²) in [7, 11) is 3.13. The van der Waals surface area contributed by atoms with E-state index < -0.39 is 11.8 Å². The number of benzene rings is 2. The Labute approximate surface area is 178 Å². The molecular formula is C21H22N4O6. The third-order valence-corrected chi connectivity index (χ3v) is 4.32. The van der Waals surface area contributed by atoms with Gasteiger partial charge in [-0.3, -0.25) is 9.59 Å². The number of nitrogens with zero attached hydrogens (tertiary/aromatic N) is 2. The van der Waals surface area contributed by atoms with Crippen molar-refractivity contribution in [1.82, 2.24) is 15.5 Å². The van der Waals surface area contributed by atoms with Crippen molar-refractivity contribution in [3.63, 3.8) is 0 Å². The van der Waals surface area contributed by atoms with E-state index in [0.29, 0.717) is 30.2 Å². The molecule has 3 N–H and O–H groups in total. The Hall–Kier alpha value is -4.08. The average molecular weight is 426 g/mol. The maximum absolute atomic E-state index is 12.2. The molecule has 0 fully saturated rings. The SMILES string of the molecule is COc1ccc(CCNC(=O)c2nc(COc3ccccc3C(N)=O)no2)cc1OC. The molecule has 31 heavy (non-hydrogen) atoms. The number of hydrogen-bond donors (Lipinski definition) is 2. The van der Waals surface area contributed by atoms with Gasteiger partial charge in [-0.25, -0.2) is 0 Å². The second-order valence-corrected chi connectivity index (χ2v) is 6.36. The number of aromatic nitrogens is 2. The molecule has 10 heteroatoms. The summed E-state index contributed by atoms with van der Waals surface area (Å²) in [5, 5.41) is 6.43. The molecule has 0 atom stereocenters. The van der Waals surface area contributed by atoms with E-state index in [1.54, 1.807) is 44.6 Å². The molecule has 162 valence electrons. The molecule has 3 aromatic rings. The molecule has 3 rings (SSSR count). The summed E-state index contributed by atoms with van der Waals surface area (Å²) in [4.78, 5) is 27.7. The van der Waals surface area contributed by atoms with Crippen LogP contribution in [0.2, 0.25) is 0 Å². The van der Waals surface area contributed by atoms with E-state index in [1.807, 2.05) is 12.1 Å². The first kappa shape index (κ1) is 21.6. The van der Waals surface area contributed by atoms with Crippen LogP contribution in [-0.4, -0.2) is 42.7 Å². The quantitative estimate of drug-likeness (QED) is 0.500. The summed E-state index contributed by atoms with van der Waals surface area (Å²) in [6, 6.07) is 12.1. The van der Waals surface area contributed by atoms with Crippen LogP contribution in [0.3, 0.4) is 0 Å². The maximum Gasteiger partial charge on any atom is 0.316 e. The number of carbonyl (C=O) groups excluding carboxylic acids is 2. The van der Waals surface area contributed by atoms with Crippen LogP contribution in [0.5, 0.6) is 17.2 Å². The summed E-state index contributed by atoms with van der Waals surface area (Å²) in [6.45, 7) is 0.265. The number of hydrogen-bond acceptors (Lipinski definition) is 8. The van der Waals surface area contributed by atoms with Crippen LogP contribution in [0, 0.1) is 0 Å². The minimum Gasteiger partial charge on any atom is -0.493 e. The highest BCUT2D eigenvalue weighted by molar-refractivity contribution is 5.95. The van der Waals surface area contributed by atoms with Gasteiger partial charge in [0.05, 0.1) is 19.8 Å². The number of rotatable bonds is 10. The minimum absolute atomic E-state index is 0.0906. The third-order valence-electron chi connectivity index (χ3n) is 4.32. The van der Waals surface area contributed by atoms with Crippen LogP contribution in [-0.2, 0) is 13.0 Å². The molecule has 0 spiro atoms. The van der Waals surface area contributed by atoms with Crippen LogP contribution in [0.15, 0.2) is 47.0 Å². The zero-order chi connectivity index (χ0) is 22.2. The first-order valence-electron chi connectivity index (χ1n) is 9.35. The Bertz CT molecular complexity index is 1070. The number of primary amides is 1. The Morgan fingerprint density at radius 3 is 2.58 bits per heavy atom. The lowest BCUT2D eigenvalue weighted by molar-refractivity contribution is 0.0909. The van der Waals surface area contributed by atoms with Gasteiger partial charge in [0.15, 0.2) is 18.1 Å². The van der Waals surface area contributed by atoms with Crippen LogP contribution in [0.25, 0.3) is 0 Å². The van der Waals surface area contributed by atoms with E-state index in [4.69, 9.17) is 24.5 Å². The lowest BCUT2D eigenvalue weighted by atomic mass is 10.1. The molecule has 0 radical (unpaired) electrons. The number of carbonyl (C=O) groups is 2. The Morgan fingerprint density at radius 1 is 1.06 bits per heavy atom. The minimum atomic E-state index is -0.613. The van der Waals surface area contributed by atoms with Gasteiger partial charge in [-0.15, -0.1) is 0 Å². The second kappa shape index (κ2) is 10.1. The van der Waals surface area contributed by atoms with Gasteiger partial charge in [-0.2, -0.15) is 4.98 Å². The highest BCUT2D eigenvalue weighted by Gasteiger charge is 2.16. The molecule has 1 aromatic heterocycles. The van der Waals surface area contributed by atoms with Crippen LogP contribution >= 0.6 is 0 Å². The fourth-order valence-electron chi connectivity index (χ4n) is 2.78. The smallest absolute Gasteiger partial charge is 0.316 e. The lowest BCUT2D eigenvalue weighted by Crippen LogP contribution is -2.26. The van der Waals surface area contributed by atoms with E-state index in [2.05, 4.69) is 15.5 Å². The predicted molar refractivity (Wildman–Crippen MR) is 109 cm³/mol. The Balaban J connectivity index is 1.52. The standard InChI is InChI=1S/C21H22N4O6/c1-28-16-8-7-13(11-17(16)29-2)9-10-23-20(27)21-24-18(25-31-21)12-30-15-6-4-3-5-14(15)19(22)26/h3-8,11H,9-10,12H2,1-2H3,(H2,22,26)(H,23,27). The third kappa shape index (κ3) is 5.50. The van der Waals surface area contributed by atoms with E-state index in [0.717, 1.165) is 5.56 Å². The molecule has 0 saturated carbocycles. The van der Waals surface area contributed by atoms with Crippen molar-refractivity contribution in [1.29, 1.82) is 0 Å². The fourth-order valence-corrected chi connectivity index (χ4v) is 2.78. The van der Waals surface area contributed by atoms with Gasteiger partial charge in [0.2, 0.25) is 5.82 Å². The van der Waals surface area contributed by atoms with Gasteiger partial charge in [0.25, 0.3) is 5.91 Å². The highest BCUT2D eigenvalue weighted by atomic mass is 16.5. The predicted octanol–water partition coefficient (Wildman–Crippen LogP) is 1.74. The number of para-hydroxylation sites is 1. The molecule has 0 aliphatic heterocycles. The number of amides is 2. The van der Waals surface area contributed by atoms with Gasteiger partial charge in [0.1, 0.15) is 5.75 Å². The average Bonchev–Trinajstić information content (AvgIpc) is 3.26. The topological polar surface area (TPSA) is 139 Å². The zero-order valence-corrected chi connectivity index (χ0v) is 17.1. The van der Waals surface area contributed by atoms with Crippen molar-refractivity contribution in [2.24, 2.45) is 5.73 Å². The summed E-state index contributed by atoms with van der Waals surface area (Å²) < 4.78 is 21.0. The first-order chi connectivity index (χ1) is 15.0. The summed E-state index contributed by atoms with van der Waals surface area (Å²) in [5.41, 5.74) is 6.51. The molecule has 10 nitrogen and oxygen atoms in total. The van der Waals surface area contributed by atoms with Crippen molar-refractivity contribution in [2.45, 2.75) is 13.0 Å². The monoisotopic (exact) mass is 426 g/mol. The second-order valence-electron chi connectivity index (χ2n) is 6.36. The Kier molecular flexibility index (Phi) is 7.05. The van der Waals surface area contributed by atoms with Crippen LogP contribution < -0.4 is 25.3 Å². The normalized spacial score (nSPS) is 10.4. The zero-order valence-electron chi connectivity index (χ0n) is 17.1. The molecule has 0 aliphatic carbocycles. The van der Waals surface area contributed by atoms with Gasteiger partial charge in [-0.05, 0) is 36.2 Å². The van der Waals surface area contributed by atoms with Crippen molar-refractivity contribution < 1.29 is 28.3 Å². The molecule has 0 aliphatic rings. The van der Waals surface area contributed by atoms with Crippen molar-refractivity contribution in [2.75, 3.05) is 20.8 Å². The van der Waals surface area contributed by atoms with Crippen molar-refractivity contribution >= 4 is 11.8 Å². The van der Waals surface area contributed by atoms with Gasteiger partial charge in [0, 0.05) is 6.54 Å². The molecule has 0 unspecified atom stereocenters. The van der Waals surface area contributed by atoms with Gasteiger partial charge in [-0.1, -0.05) is 23.4 Å². The van der Waals surface area contributed by atoms with E-state index in [1.165, 1.54) is 0 Å². The molecule has 1 heterocycles. The van der Waals surface area contributed by atoms with Crippen molar-refractivity contribution in [3.05, 3.63) is 65.3 Å². The highest BCUT2D eigenvalue weighted by Crippen LogP contribution is 2.27. The number of nitrogens with two attached hydrogens (primary N) is 1. The molecule has 2 aromatic carbocycles. The summed E-state index contributed by atoms with van der Waals surface area (Å²) in [6.07, 6.45) is 0.570.